The number of thiophene rings is 1. The van der Waals surface area contributed by atoms with Gasteiger partial charge in [0.2, 0.25) is 0 Å². The predicted molar refractivity (Wildman–Crippen MR) is 218 cm³/mol. The summed E-state index contributed by atoms with van der Waals surface area (Å²) in [5.41, 5.74) is 12.2. The molecule has 0 bridgehead atoms. The summed E-state index contributed by atoms with van der Waals surface area (Å²) in [6.45, 7) is -0.164. The summed E-state index contributed by atoms with van der Waals surface area (Å²) < 4.78 is 16.3. The molecule has 0 amide bonds. The van der Waals surface area contributed by atoms with Gasteiger partial charge in [-0.05, 0) is 76.5 Å². The van der Waals surface area contributed by atoms with Crippen molar-refractivity contribution in [3.63, 3.8) is 0 Å². The van der Waals surface area contributed by atoms with Gasteiger partial charge in [0.05, 0.1) is 17.1 Å². The average molecular weight is 681 g/mol. The van der Waals surface area contributed by atoms with Crippen molar-refractivity contribution in [2.24, 2.45) is 0 Å². The highest BCUT2D eigenvalue weighted by atomic mass is 32.1. The van der Waals surface area contributed by atoms with Crippen LogP contribution < -0.4 is 25.4 Å². The smallest absolute Gasteiger partial charge is 0.333 e. The van der Waals surface area contributed by atoms with Gasteiger partial charge in [0.1, 0.15) is 5.58 Å². The van der Waals surface area contributed by atoms with Crippen molar-refractivity contribution in [3.05, 3.63) is 152 Å². The first-order valence-electron chi connectivity index (χ1n) is 17.7. The molecule has 240 valence electrons. The zero-order valence-corrected chi connectivity index (χ0v) is 28.4. The summed E-state index contributed by atoms with van der Waals surface area (Å²) in [7, 11) is 0. The van der Waals surface area contributed by atoms with E-state index < -0.39 is 0 Å². The monoisotopic (exact) mass is 680 g/mol. The summed E-state index contributed by atoms with van der Waals surface area (Å²) in [5, 5.41) is 7.26. The van der Waals surface area contributed by atoms with Gasteiger partial charge in [0.15, 0.2) is 17.1 Å². The molecule has 10 aromatic rings. The summed E-state index contributed by atoms with van der Waals surface area (Å²) >= 11 is 1.86. The number of furan rings is 1. The van der Waals surface area contributed by atoms with Crippen molar-refractivity contribution in [3.8, 4) is 22.6 Å². The maximum absolute atomic E-state index is 6.94. The van der Waals surface area contributed by atoms with Gasteiger partial charge in [-0.3, -0.25) is 0 Å². The van der Waals surface area contributed by atoms with Crippen molar-refractivity contribution in [1.29, 1.82) is 0 Å². The molecule has 0 saturated heterocycles. The molecule has 0 saturated carbocycles. The number of benzene rings is 8. The van der Waals surface area contributed by atoms with Crippen LogP contribution in [0.1, 0.15) is 0 Å². The topological polar surface area (TPSA) is 28.9 Å². The van der Waals surface area contributed by atoms with Crippen LogP contribution in [0.4, 0.5) is 28.4 Å². The molecule has 6 heteroatoms. The molecule has 0 radical (unpaired) electrons. The number of rotatable bonds is 1. The Bertz CT molecular complexity index is 3220. The average Bonchev–Trinajstić information content (AvgIpc) is 3.76. The van der Waals surface area contributed by atoms with E-state index in [4.69, 9.17) is 9.15 Å². The molecule has 52 heavy (non-hydrogen) atoms. The van der Waals surface area contributed by atoms with Gasteiger partial charge in [-0.1, -0.05) is 97.1 Å². The van der Waals surface area contributed by atoms with E-state index >= 15 is 0 Å². The fourth-order valence-corrected chi connectivity index (χ4v) is 10.4. The molecule has 13 rings (SSSR count). The molecular weight excluding hydrogens is 655 g/mol. The summed E-state index contributed by atoms with van der Waals surface area (Å²) in [5.74, 6) is 1.68. The van der Waals surface area contributed by atoms with E-state index in [0.29, 0.717) is 0 Å². The molecule has 0 N–H and O–H groups in total. The van der Waals surface area contributed by atoms with Crippen LogP contribution in [0.3, 0.4) is 0 Å². The Balaban J connectivity index is 1.23. The lowest BCUT2D eigenvalue weighted by Crippen LogP contribution is -2.62. The van der Waals surface area contributed by atoms with E-state index in [9.17, 15) is 0 Å². The first kappa shape index (κ1) is 27.3. The third-order valence-electron chi connectivity index (χ3n) is 11.4. The van der Waals surface area contributed by atoms with Crippen LogP contribution in [0.25, 0.3) is 64.0 Å². The molecule has 5 heterocycles. The van der Waals surface area contributed by atoms with Crippen LogP contribution in [0.15, 0.2) is 156 Å². The Hall–Kier alpha value is -6.50. The van der Waals surface area contributed by atoms with Gasteiger partial charge in [-0.15, -0.1) is 11.3 Å². The second-order valence-electron chi connectivity index (χ2n) is 14.0. The first-order valence-corrected chi connectivity index (χ1v) is 18.5. The highest BCUT2D eigenvalue weighted by Gasteiger charge is 2.49. The molecule has 0 fully saturated rings. The van der Waals surface area contributed by atoms with Crippen LogP contribution in [-0.2, 0) is 0 Å². The van der Waals surface area contributed by atoms with E-state index in [1.807, 2.05) is 17.4 Å². The van der Waals surface area contributed by atoms with Crippen LogP contribution >= 0.6 is 11.3 Å². The molecule has 8 aromatic carbocycles. The third-order valence-corrected chi connectivity index (χ3v) is 12.5. The van der Waals surface area contributed by atoms with Gasteiger partial charge in [-0.25, -0.2) is 0 Å². The molecule has 0 atom stereocenters. The summed E-state index contributed by atoms with van der Waals surface area (Å²) in [6.07, 6.45) is 0. The maximum Gasteiger partial charge on any atom is 0.333 e. The summed E-state index contributed by atoms with van der Waals surface area (Å²) in [6, 6.07) is 55.0. The number of anilines is 5. The molecule has 3 aliphatic heterocycles. The van der Waals surface area contributed by atoms with Gasteiger partial charge in [0.25, 0.3) is 0 Å². The second-order valence-corrected chi connectivity index (χ2v) is 15.1. The second kappa shape index (κ2) is 9.63. The number of fused-ring (bicyclic) bond motifs is 15. The SMILES string of the molecule is c1ccc2c(c1)Oc1cccc3c1N2c1c2c(cc4c1oc1ccccc14)-c1ccc4ccccc4c1N(c1ccc4sc5ccccc5c4c1)B32. The fourth-order valence-electron chi connectivity index (χ4n) is 9.29. The zero-order chi connectivity index (χ0) is 33.7. The van der Waals surface area contributed by atoms with E-state index in [0.717, 1.165) is 56.2 Å². The van der Waals surface area contributed by atoms with Crippen LogP contribution in [0.5, 0.6) is 11.5 Å². The number of ether oxygens (including phenoxy) is 1. The normalized spacial score (nSPS) is 13.8. The molecule has 0 spiro atoms. The Kier molecular flexibility index (Phi) is 5.05. The number of nitrogens with zero attached hydrogens (tertiary/aromatic N) is 2. The lowest BCUT2D eigenvalue weighted by molar-refractivity contribution is 0.477. The molecule has 4 nitrogen and oxygen atoms in total. The Morgan fingerprint density at radius 2 is 1.31 bits per heavy atom. The van der Waals surface area contributed by atoms with Crippen molar-refractivity contribution < 1.29 is 9.15 Å². The Morgan fingerprint density at radius 1 is 0.519 bits per heavy atom. The van der Waals surface area contributed by atoms with Crippen LogP contribution in [0, 0.1) is 0 Å². The highest BCUT2D eigenvalue weighted by Crippen LogP contribution is 2.57. The fraction of sp³-hybridized carbons (Fsp3) is 0. The third kappa shape index (κ3) is 3.34. The minimum atomic E-state index is -0.164. The Labute approximate surface area is 302 Å². The van der Waals surface area contributed by atoms with E-state index in [-0.39, 0.29) is 6.85 Å². The Morgan fingerprint density at radius 3 is 2.27 bits per heavy atom. The largest absolute Gasteiger partial charge is 0.454 e. The van der Waals surface area contributed by atoms with Crippen molar-refractivity contribution in [2.75, 3.05) is 9.71 Å². The number of hydrogen-bond acceptors (Lipinski definition) is 5. The van der Waals surface area contributed by atoms with Crippen LogP contribution in [0.2, 0.25) is 0 Å². The number of hydrogen-bond donors (Lipinski definition) is 0. The molecule has 0 aliphatic carbocycles. The van der Waals surface area contributed by atoms with Gasteiger partial charge in [0, 0.05) is 53.3 Å². The van der Waals surface area contributed by atoms with E-state index in [1.54, 1.807) is 0 Å². The lowest BCUT2D eigenvalue weighted by Gasteiger charge is -2.47. The predicted octanol–water partition coefficient (Wildman–Crippen LogP) is 11.9. The van der Waals surface area contributed by atoms with Gasteiger partial charge in [-0.2, -0.15) is 0 Å². The maximum atomic E-state index is 6.94. The standard InChI is InChI=1S/C46H25BN2O2S/c1-2-11-28-26(10-1)20-22-31-33-25-34-29-12-3-6-16-37(29)51-46(34)45-42(33)47(35-14-9-18-39-44(35)48(45)36-15-5-7-17-38(36)50-39)49(43(28)31)27-21-23-41-32(24-27)30-13-4-8-19-40(30)52-41/h1-25H. The summed E-state index contributed by atoms with van der Waals surface area (Å²) in [4.78, 5) is 5.03. The van der Waals surface area contributed by atoms with Crippen molar-refractivity contribution in [2.45, 2.75) is 0 Å². The highest BCUT2D eigenvalue weighted by molar-refractivity contribution is 7.25. The van der Waals surface area contributed by atoms with E-state index in [1.165, 1.54) is 58.7 Å². The minimum Gasteiger partial charge on any atom is -0.454 e. The van der Waals surface area contributed by atoms with Gasteiger partial charge < -0.3 is 18.9 Å². The quantitative estimate of drug-likeness (QED) is 0.161. The van der Waals surface area contributed by atoms with E-state index in [2.05, 4.69) is 155 Å². The minimum absolute atomic E-state index is 0.164. The molecule has 3 aliphatic rings. The first-order chi connectivity index (χ1) is 25.8. The molecule has 2 aromatic heterocycles. The van der Waals surface area contributed by atoms with Crippen molar-refractivity contribution >= 4 is 110 Å². The van der Waals surface area contributed by atoms with Crippen LogP contribution in [-0.4, -0.2) is 6.85 Å². The number of para-hydroxylation sites is 4. The zero-order valence-electron chi connectivity index (χ0n) is 27.6. The molecular formula is C46H25BN2O2S. The van der Waals surface area contributed by atoms with Crippen molar-refractivity contribution in [1.82, 2.24) is 0 Å². The van der Waals surface area contributed by atoms with Gasteiger partial charge >= 0.3 is 6.85 Å². The molecule has 0 unspecified atom stereocenters. The lowest BCUT2D eigenvalue weighted by atomic mass is 9.43.